The second-order valence-electron chi connectivity index (χ2n) is 3.10. The van der Waals surface area contributed by atoms with Gasteiger partial charge in [-0.1, -0.05) is 5.16 Å². The van der Waals surface area contributed by atoms with Crippen LogP contribution in [0.25, 0.3) is 0 Å². The lowest BCUT2D eigenvalue weighted by molar-refractivity contribution is 0.425. The number of hydrogen-bond donors (Lipinski definition) is 1. The van der Waals surface area contributed by atoms with Crippen molar-refractivity contribution in [2.45, 2.75) is 20.4 Å². The summed E-state index contributed by atoms with van der Waals surface area (Å²) < 4.78 is 4.90. The Morgan fingerprint density at radius 1 is 1.27 bits per heavy atom. The average molecular weight is 205 g/mol. The smallest absolute Gasteiger partial charge is 0.321 e. The molecule has 15 heavy (non-hydrogen) atoms. The zero-order chi connectivity index (χ0) is 10.7. The van der Waals surface area contributed by atoms with Crippen molar-refractivity contribution in [1.29, 1.82) is 0 Å². The van der Waals surface area contributed by atoms with E-state index in [1.165, 1.54) is 0 Å². The molecule has 0 saturated heterocycles. The zero-order valence-corrected chi connectivity index (χ0v) is 8.56. The topological polar surface area (TPSA) is 76.7 Å². The highest BCUT2D eigenvalue weighted by Gasteiger charge is 2.02. The molecule has 0 aliphatic rings. The molecule has 0 unspecified atom stereocenters. The van der Waals surface area contributed by atoms with Gasteiger partial charge in [0.2, 0.25) is 0 Å². The summed E-state index contributed by atoms with van der Waals surface area (Å²) in [5, 5.41) is 6.64. The zero-order valence-electron chi connectivity index (χ0n) is 8.56. The van der Waals surface area contributed by atoms with Gasteiger partial charge < -0.3 is 9.84 Å². The molecule has 6 nitrogen and oxygen atoms in total. The molecule has 0 fully saturated rings. The van der Waals surface area contributed by atoms with E-state index in [0.29, 0.717) is 18.4 Å². The summed E-state index contributed by atoms with van der Waals surface area (Å²) in [4.78, 5) is 12.3. The Morgan fingerprint density at radius 3 is 2.80 bits per heavy atom. The summed E-state index contributed by atoms with van der Waals surface area (Å²) in [6.45, 7) is 4.16. The van der Waals surface area contributed by atoms with Crippen LogP contribution in [-0.4, -0.2) is 20.1 Å². The van der Waals surface area contributed by atoms with Crippen molar-refractivity contribution in [3.63, 3.8) is 0 Å². The molecule has 0 atom stereocenters. The molecule has 0 saturated carbocycles. The second-order valence-corrected chi connectivity index (χ2v) is 3.10. The Morgan fingerprint density at radius 2 is 2.13 bits per heavy atom. The summed E-state index contributed by atoms with van der Waals surface area (Å²) >= 11 is 0. The van der Waals surface area contributed by atoms with Gasteiger partial charge in [0.25, 0.3) is 0 Å². The molecule has 2 aromatic rings. The molecule has 0 aliphatic heterocycles. The molecule has 6 heteroatoms. The summed E-state index contributed by atoms with van der Waals surface area (Å²) in [7, 11) is 0. The molecule has 0 radical (unpaired) electrons. The third-order valence-electron chi connectivity index (χ3n) is 1.78. The van der Waals surface area contributed by atoms with Crippen molar-refractivity contribution in [3.05, 3.63) is 29.6 Å². The first-order valence-corrected chi connectivity index (χ1v) is 4.57. The van der Waals surface area contributed by atoms with Gasteiger partial charge in [-0.3, -0.25) is 0 Å². The van der Waals surface area contributed by atoms with Gasteiger partial charge in [-0.25, -0.2) is 9.97 Å². The first-order chi connectivity index (χ1) is 7.24. The molecule has 1 N–H and O–H groups in total. The van der Waals surface area contributed by atoms with Crippen LogP contribution < -0.4 is 5.32 Å². The van der Waals surface area contributed by atoms with Crippen molar-refractivity contribution in [3.8, 4) is 0 Å². The monoisotopic (exact) mass is 205 g/mol. The molecule has 0 aliphatic carbocycles. The minimum Gasteiger partial charge on any atom is -0.332 e. The predicted octanol–water partition coefficient (Wildman–Crippen LogP) is 1.09. The lowest BCUT2D eigenvalue weighted by Gasteiger charge is -2.00. The largest absolute Gasteiger partial charge is 0.332 e. The molecule has 2 aromatic heterocycles. The fourth-order valence-electron chi connectivity index (χ4n) is 1.14. The van der Waals surface area contributed by atoms with Crippen LogP contribution >= 0.6 is 0 Å². The van der Waals surface area contributed by atoms with E-state index in [2.05, 4.69) is 25.4 Å². The Hall–Kier alpha value is -1.98. The lowest BCUT2D eigenvalue weighted by Crippen LogP contribution is -2.03. The molecule has 2 rings (SSSR count). The molecule has 0 aromatic carbocycles. The SMILES string of the molecule is Cc1nccc(CNc2nc(C)no2)n1. The van der Waals surface area contributed by atoms with E-state index in [1.807, 2.05) is 13.0 Å². The number of nitrogens with zero attached hydrogens (tertiary/aromatic N) is 4. The van der Waals surface area contributed by atoms with Crippen LogP contribution in [0.15, 0.2) is 16.8 Å². The standard InChI is InChI=1S/C9H11N5O/c1-6-10-4-3-8(12-6)5-11-9-13-7(2)14-15-9/h3-4H,5H2,1-2H3,(H,11,13,14). The maximum atomic E-state index is 4.90. The van der Waals surface area contributed by atoms with Crippen LogP contribution in [-0.2, 0) is 6.54 Å². The normalized spacial score (nSPS) is 10.3. The minimum atomic E-state index is 0.406. The van der Waals surface area contributed by atoms with Crippen molar-refractivity contribution in [1.82, 2.24) is 20.1 Å². The van der Waals surface area contributed by atoms with Crippen LogP contribution in [0.1, 0.15) is 17.3 Å². The highest BCUT2D eigenvalue weighted by molar-refractivity contribution is 5.20. The Balaban J connectivity index is 1.99. The summed E-state index contributed by atoms with van der Waals surface area (Å²) in [6, 6.07) is 2.24. The van der Waals surface area contributed by atoms with Crippen LogP contribution in [0.5, 0.6) is 0 Å². The first-order valence-electron chi connectivity index (χ1n) is 4.57. The van der Waals surface area contributed by atoms with E-state index >= 15 is 0 Å². The molecule has 0 spiro atoms. The van der Waals surface area contributed by atoms with Gasteiger partial charge in [0.1, 0.15) is 5.82 Å². The van der Waals surface area contributed by atoms with E-state index < -0.39 is 0 Å². The average Bonchev–Trinajstić information content (AvgIpc) is 2.62. The highest BCUT2D eigenvalue weighted by Crippen LogP contribution is 2.04. The minimum absolute atomic E-state index is 0.406. The summed E-state index contributed by atoms with van der Waals surface area (Å²) in [5.74, 6) is 1.35. The van der Waals surface area contributed by atoms with Crippen molar-refractivity contribution in [2.24, 2.45) is 0 Å². The fraction of sp³-hybridized carbons (Fsp3) is 0.333. The van der Waals surface area contributed by atoms with Crippen molar-refractivity contribution >= 4 is 6.01 Å². The van der Waals surface area contributed by atoms with Crippen molar-refractivity contribution in [2.75, 3.05) is 5.32 Å². The van der Waals surface area contributed by atoms with Crippen LogP contribution in [0.3, 0.4) is 0 Å². The van der Waals surface area contributed by atoms with Crippen LogP contribution in [0, 0.1) is 13.8 Å². The number of nitrogens with one attached hydrogen (secondary N) is 1. The quantitative estimate of drug-likeness (QED) is 0.808. The van der Waals surface area contributed by atoms with Gasteiger partial charge in [-0.05, 0) is 19.9 Å². The molecule has 0 bridgehead atoms. The van der Waals surface area contributed by atoms with Crippen molar-refractivity contribution < 1.29 is 4.52 Å². The number of aryl methyl sites for hydroxylation is 2. The maximum absolute atomic E-state index is 4.90. The predicted molar refractivity (Wildman–Crippen MR) is 53.1 cm³/mol. The molecule has 2 heterocycles. The molecule has 78 valence electrons. The summed E-state index contributed by atoms with van der Waals surface area (Å²) in [6.07, 6.45) is 1.72. The molecular formula is C9H11N5O. The van der Waals surface area contributed by atoms with E-state index in [4.69, 9.17) is 4.52 Å². The number of anilines is 1. The fourth-order valence-corrected chi connectivity index (χ4v) is 1.14. The van der Waals surface area contributed by atoms with Gasteiger partial charge in [0.15, 0.2) is 5.82 Å². The van der Waals surface area contributed by atoms with Gasteiger partial charge in [0, 0.05) is 6.20 Å². The Bertz CT molecular complexity index is 453. The molecule has 0 amide bonds. The Labute approximate surface area is 86.8 Å². The lowest BCUT2D eigenvalue weighted by atomic mass is 10.4. The third-order valence-corrected chi connectivity index (χ3v) is 1.78. The Kier molecular flexibility index (Phi) is 2.57. The highest BCUT2D eigenvalue weighted by atomic mass is 16.5. The maximum Gasteiger partial charge on any atom is 0.321 e. The van der Waals surface area contributed by atoms with Crippen LogP contribution in [0.2, 0.25) is 0 Å². The summed E-state index contributed by atoms with van der Waals surface area (Å²) in [5.41, 5.74) is 0.887. The van der Waals surface area contributed by atoms with Crippen LogP contribution in [0.4, 0.5) is 6.01 Å². The van der Waals surface area contributed by atoms with E-state index in [9.17, 15) is 0 Å². The second kappa shape index (κ2) is 4.04. The number of aromatic nitrogens is 4. The van der Waals surface area contributed by atoms with E-state index in [0.717, 1.165) is 11.5 Å². The van der Waals surface area contributed by atoms with Gasteiger partial charge in [-0.15, -0.1) is 0 Å². The molecular weight excluding hydrogens is 194 g/mol. The van der Waals surface area contributed by atoms with E-state index in [1.54, 1.807) is 13.1 Å². The number of rotatable bonds is 3. The van der Waals surface area contributed by atoms with Gasteiger partial charge >= 0.3 is 6.01 Å². The van der Waals surface area contributed by atoms with Gasteiger partial charge in [-0.2, -0.15) is 4.98 Å². The van der Waals surface area contributed by atoms with E-state index in [-0.39, 0.29) is 0 Å². The number of hydrogen-bond acceptors (Lipinski definition) is 6. The van der Waals surface area contributed by atoms with Gasteiger partial charge in [0.05, 0.1) is 12.2 Å². The first kappa shape index (κ1) is 9.57. The third kappa shape index (κ3) is 2.49.